The van der Waals surface area contributed by atoms with E-state index in [4.69, 9.17) is 0 Å². The van der Waals surface area contributed by atoms with Crippen molar-refractivity contribution in [2.75, 3.05) is 18.4 Å². The van der Waals surface area contributed by atoms with Crippen LogP contribution in [0.3, 0.4) is 0 Å². The van der Waals surface area contributed by atoms with Gasteiger partial charge in [0.05, 0.1) is 4.90 Å². The summed E-state index contributed by atoms with van der Waals surface area (Å²) in [5, 5.41) is 2.97. The summed E-state index contributed by atoms with van der Waals surface area (Å²) in [7, 11) is -3.53. The van der Waals surface area contributed by atoms with Gasteiger partial charge in [0, 0.05) is 24.7 Å². The molecule has 27 heavy (non-hydrogen) atoms. The molecule has 146 valence electrons. The molecule has 1 amide bonds. The summed E-state index contributed by atoms with van der Waals surface area (Å²) >= 11 is 0. The van der Waals surface area contributed by atoms with Crippen LogP contribution in [0.5, 0.6) is 0 Å². The number of benzene rings is 1. The number of anilines is 1. The molecular weight excluding hydrogens is 360 g/mol. The number of rotatable bonds is 4. The van der Waals surface area contributed by atoms with Crippen LogP contribution in [0.1, 0.15) is 44.1 Å². The fraction of sp³-hybridized carbons (Fsp3) is 0.571. The second-order valence-electron chi connectivity index (χ2n) is 8.17. The first kappa shape index (κ1) is 18.7. The first-order valence-electron chi connectivity index (χ1n) is 10.0. The molecular formula is C21H28N2O3S. The van der Waals surface area contributed by atoms with E-state index in [0.29, 0.717) is 35.5 Å². The molecule has 0 spiro atoms. The number of aryl methyl sites for hydroxylation is 1. The maximum absolute atomic E-state index is 13.2. The summed E-state index contributed by atoms with van der Waals surface area (Å²) in [6.07, 6.45) is 10.3. The molecule has 5 nitrogen and oxygen atoms in total. The van der Waals surface area contributed by atoms with Crippen LogP contribution >= 0.6 is 0 Å². The zero-order valence-electron chi connectivity index (χ0n) is 15.9. The van der Waals surface area contributed by atoms with Crippen molar-refractivity contribution in [1.82, 2.24) is 4.31 Å². The van der Waals surface area contributed by atoms with E-state index in [1.54, 1.807) is 22.5 Å². The number of carbonyl (C=O) groups is 1. The number of amides is 1. The third-order valence-electron chi connectivity index (χ3n) is 6.25. The number of allylic oxidation sites excluding steroid dienone is 2. The zero-order valence-corrected chi connectivity index (χ0v) is 16.7. The third kappa shape index (κ3) is 3.69. The molecule has 0 unspecified atom stereocenters. The van der Waals surface area contributed by atoms with Crippen LogP contribution in [-0.2, 0) is 14.8 Å². The molecule has 1 saturated carbocycles. The Hall–Kier alpha value is -1.66. The molecule has 2 fully saturated rings. The van der Waals surface area contributed by atoms with Crippen molar-refractivity contribution in [2.45, 2.75) is 50.3 Å². The number of carbonyl (C=O) groups excluding carboxylic acids is 1. The number of hydrogen-bond donors (Lipinski definition) is 1. The van der Waals surface area contributed by atoms with Gasteiger partial charge in [0.1, 0.15) is 0 Å². The number of fused-ring (bicyclic) bond motifs is 2. The lowest BCUT2D eigenvalue weighted by molar-refractivity contribution is -0.120. The van der Waals surface area contributed by atoms with Gasteiger partial charge in [0.15, 0.2) is 0 Å². The first-order valence-corrected chi connectivity index (χ1v) is 11.5. The van der Waals surface area contributed by atoms with Crippen LogP contribution in [-0.4, -0.2) is 31.7 Å². The maximum atomic E-state index is 13.2. The van der Waals surface area contributed by atoms with Gasteiger partial charge in [-0.3, -0.25) is 4.79 Å². The SMILES string of the molecule is Cc1ccc(NC(=O)[C@@H]2C[C@@H]3C=C[C@@H]2C3)cc1S(=O)(=O)N1CCCCCC1. The fourth-order valence-electron chi connectivity index (χ4n) is 4.69. The van der Waals surface area contributed by atoms with Gasteiger partial charge >= 0.3 is 0 Å². The Morgan fingerprint density at radius 1 is 1.07 bits per heavy atom. The quantitative estimate of drug-likeness (QED) is 0.800. The summed E-state index contributed by atoms with van der Waals surface area (Å²) in [5.74, 6) is 0.879. The van der Waals surface area contributed by atoms with Gasteiger partial charge in [0.2, 0.25) is 15.9 Å². The highest BCUT2D eigenvalue weighted by molar-refractivity contribution is 7.89. The standard InChI is InChI=1S/C21H28N2O3S/c1-15-6-9-18(22-21(24)19-13-16-7-8-17(19)12-16)14-20(15)27(25,26)23-10-4-2-3-5-11-23/h6-9,14,16-17,19H,2-5,10-13H2,1H3,(H,22,24)/t16-,17-,19-/m1/s1. The monoisotopic (exact) mass is 388 g/mol. The summed E-state index contributed by atoms with van der Waals surface area (Å²) in [6.45, 7) is 2.97. The Bertz CT molecular complexity index is 854. The normalized spacial score (nSPS) is 28.3. The average Bonchev–Trinajstić information content (AvgIpc) is 3.17. The molecule has 3 atom stereocenters. The Morgan fingerprint density at radius 3 is 2.44 bits per heavy atom. The van der Waals surface area contributed by atoms with E-state index in [0.717, 1.165) is 44.1 Å². The maximum Gasteiger partial charge on any atom is 0.243 e. The highest BCUT2D eigenvalue weighted by atomic mass is 32.2. The van der Waals surface area contributed by atoms with Crippen LogP contribution in [0.4, 0.5) is 5.69 Å². The van der Waals surface area contributed by atoms with Gasteiger partial charge in [-0.1, -0.05) is 31.1 Å². The van der Waals surface area contributed by atoms with E-state index >= 15 is 0 Å². The van der Waals surface area contributed by atoms with Crippen LogP contribution in [0.2, 0.25) is 0 Å². The summed E-state index contributed by atoms with van der Waals surface area (Å²) < 4.78 is 27.9. The Morgan fingerprint density at radius 2 is 1.81 bits per heavy atom. The van der Waals surface area contributed by atoms with Crippen molar-refractivity contribution in [3.05, 3.63) is 35.9 Å². The predicted octanol–water partition coefficient (Wildman–Crippen LogP) is 3.71. The van der Waals surface area contributed by atoms with Crippen molar-refractivity contribution in [2.24, 2.45) is 17.8 Å². The van der Waals surface area contributed by atoms with Crippen LogP contribution in [0.15, 0.2) is 35.2 Å². The second-order valence-corrected chi connectivity index (χ2v) is 10.1. The second kappa shape index (κ2) is 7.40. The van der Waals surface area contributed by atoms with E-state index in [1.165, 1.54) is 0 Å². The molecule has 2 aliphatic carbocycles. The molecule has 0 radical (unpaired) electrons. The van der Waals surface area contributed by atoms with Crippen molar-refractivity contribution in [3.63, 3.8) is 0 Å². The van der Waals surface area contributed by atoms with Crippen molar-refractivity contribution in [3.8, 4) is 0 Å². The molecule has 1 saturated heterocycles. The smallest absolute Gasteiger partial charge is 0.243 e. The molecule has 1 aliphatic heterocycles. The minimum atomic E-state index is -3.53. The lowest BCUT2D eigenvalue weighted by atomic mass is 9.93. The van der Waals surface area contributed by atoms with E-state index in [2.05, 4.69) is 17.5 Å². The van der Waals surface area contributed by atoms with E-state index in [-0.39, 0.29) is 11.8 Å². The highest BCUT2D eigenvalue weighted by Gasteiger charge is 2.39. The van der Waals surface area contributed by atoms with Crippen LogP contribution in [0, 0.1) is 24.7 Å². The van der Waals surface area contributed by atoms with Crippen molar-refractivity contribution < 1.29 is 13.2 Å². The minimum absolute atomic E-state index is 0.00645. The topological polar surface area (TPSA) is 66.5 Å². The lowest BCUT2D eigenvalue weighted by Crippen LogP contribution is -2.32. The molecule has 1 heterocycles. The summed E-state index contributed by atoms with van der Waals surface area (Å²) in [4.78, 5) is 13.0. The third-order valence-corrected chi connectivity index (χ3v) is 8.29. The van der Waals surface area contributed by atoms with E-state index in [1.807, 2.05) is 6.92 Å². The van der Waals surface area contributed by atoms with Crippen molar-refractivity contribution in [1.29, 1.82) is 0 Å². The van der Waals surface area contributed by atoms with E-state index in [9.17, 15) is 13.2 Å². The number of sulfonamides is 1. The summed E-state index contributed by atoms with van der Waals surface area (Å²) in [6, 6.07) is 5.23. The highest BCUT2D eigenvalue weighted by Crippen LogP contribution is 2.43. The number of nitrogens with zero attached hydrogens (tertiary/aromatic N) is 1. The molecule has 1 N–H and O–H groups in total. The van der Waals surface area contributed by atoms with Gasteiger partial charge in [-0.15, -0.1) is 0 Å². The minimum Gasteiger partial charge on any atom is -0.326 e. The van der Waals surface area contributed by atoms with Crippen LogP contribution < -0.4 is 5.32 Å². The van der Waals surface area contributed by atoms with Gasteiger partial charge in [0.25, 0.3) is 0 Å². The average molecular weight is 389 g/mol. The van der Waals surface area contributed by atoms with Gasteiger partial charge in [-0.2, -0.15) is 4.31 Å². The Balaban J connectivity index is 1.54. The predicted molar refractivity (Wildman–Crippen MR) is 106 cm³/mol. The fourth-order valence-corrected chi connectivity index (χ4v) is 6.46. The first-order chi connectivity index (χ1) is 12.9. The Kier molecular flexibility index (Phi) is 5.12. The zero-order chi connectivity index (χ0) is 19.0. The van der Waals surface area contributed by atoms with Gasteiger partial charge in [-0.25, -0.2) is 8.42 Å². The molecule has 0 aromatic heterocycles. The molecule has 4 rings (SSSR count). The summed E-state index contributed by atoms with van der Waals surface area (Å²) in [5.41, 5.74) is 1.30. The lowest BCUT2D eigenvalue weighted by Gasteiger charge is -2.22. The van der Waals surface area contributed by atoms with Crippen LogP contribution in [0.25, 0.3) is 0 Å². The van der Waals surface area contributed by atoms with E-state index < -0.39 is 10.0 Å². The molecule has 1 aromatic carbocycles. The molecule has 2 bridgehead atoms. The molecule has 6 heteroatoms. The van der Waals surface area contributed by atoms with Gasteiger partial charge in [-0.05, 0) is 62.1 Å². The molecule has 1 aromatic rings. The number of hydrogen-bond acceptors (Lipinski definition) is 3. The largest absolute Gasteiger partial charge is 0.326 e. The van der Waals surface area contributed by atoms with Gasteiger partial charge < -0.3 is 5.32 Å². The molecule has 3 aliphatic rings. The number of nitrogens with one attached hydrogen (secondary N) is 1. The Labute approximate surface area is 161 Å². The van der Waals surface area contributed by atoms with Crippen molar-refractivity contribution >= 4 is 21.6 Å².